The van der Waals surface area contributed by atoms with Crippen molar-refractivity contribution in [2.24, 2.45) is 0 Å². The molecular formula is C9H8N2S. The van der Waals surface area contributed by atoms with Crippen LogP contribution in [0.1, 0.15) is 0 Å². The van der Waals surface area contributed by atoms with Gasteiger partial charge in [-0.2, -0.15) is 0 Å². The quantitative estimate of drug-likeness (QED) is 0.624. The van der Waals surface area contributed by atoms with Gasteiger partial charge in [0, 0.05) is 22.7 Å². The molecule has 0 saturated carbocycles. The lowest BCUT2D eigenvalue weighted by atomic mass is 10.3. The average molecular weight is 176 g/mol. The fourth-order valence-electron chi connectivity index (χ4n) is 1.06. The van der Waals surface area contributed by atoms with E-state index in [0.29, 0.717) is 0 Å². The van der Waals surface area contributed by atoms with Gasteiger partial charge in [-0.1, -0.05) is 0 Å². The molecule has 0 bridgehead atoms. The van der Waals surface area contributed by atoms with E-state index < -0.39 is 0 Å². The Morgan fingerprint density at radius 2 is 2.25 bits per heavy atom. The number of hydrogen-bond donors (Lipinski definition) is 0. The summed E-state index contributed by atoms with van der Waals surface area (Å²) >= 11 is 1.70. The predicted molar refractivity (Wildman–Crippen MR) is 51.3 cm³/mol. The van der Waals surface area contributed by atoms with Crippen LogP contribution in [0.2, 0.25) is 0 Å². The Morgan fingerprint density at radius 3 is 3.08 bits per heavy atom. The summed E-state index contributed by atoms with van der Waals surface area (Å²) in [6.07, 6.45) is 7.48. The van der Waals surface area contributed by atoms with Gasteiger partial charge >= 0.3 is 0 Å². The summed E-state index contributed by atoms with van der Waals surface area (Å²) in [6, 6.07) is 4.09. The van der Waals surface area contributed by atoms with E-state index in [1.165, 1.54) is 4.90 Å². The third-order valence-corrected chi connectivity index (χ3v) is 2.39. The summed E-state index contributed by atoms with van der Waals surface area (Å²) in [4.78, 5) is 9.46. The molecular weight excluding hydrogens is 168 g/mol. The van der Waals surface area contributed by atoms with Crippen molar-refractivity contribution in [3.05, 3.63) is 30.7 Å². The van der Waals surface area contributed by atoms with Crippen molar-refractivity contribution in [3.8, 4) is 0 Å². The fourth-order valence-corrected chi connectivity index (χ4v) is 1.47. The van der Waals surface area contributed by atoms with E-state index in [-0.39, 0.29) is 0 Å². The third kappa shape index (κ3) is 1.28. The molecule has 0 amide bonds. The molecule has 0 N–H and O–H groups in total. The summed E-state index contributed by atoms with van der Waals surface area (Å²) in [5.41, 5.74) is 0.954. The minimum absolute atomic E-state index is 0.954. The molecule has 0 atom stereocenters. The maximum absolute atomic E-state index is 4.27. The molecule has 12 heavy (non-hydrogen) atoms. The summed E-state index contributed by atoms with van der Waals surface area (Å²) < 4.78 is 0. The van der Waals surface area contributed by atoms with E-state index >= 15 is 0 Å². The summed E-state index contributed by atoms with van der Waals surface area (Å²) in [5, 5.41) is 1.15. The average Bonchev–Trinajstić information content (AvgIpc) is 2.17. The zero-order valence-electron chi connectivity index (χ0n) is 6.69. The molecule has 2 aromatic rings. The van der Waals surface area contributed by atoms with Crippen LogP contribution in [0.3, 0.4) is 0 Å². The van der Waals surface area contributed by atoms with E-state index in [1.807, 2.05) is 18.5 Å². The van der Waals surface area contributed by atoms with Gasteiger partial charge in [0.1, 0.15) is 0 Å². The maximum Gasteiger partial charge on any atom is 0.0885 e. The number of aromatic nitrogens is 2. The topological polar surface area (TPSA) is 25.8 Å². The number of nitrogens with zero attached hydrogens (tertiary/aromatic N) is 2. The first kappa shape index (κ1) is 7.55. The Morgan fingerprint density at radius 1 is 1.33 bits per heavy atom. The summed E-state index contributed by atoms with van der Waals surface area (Å²) in [5.74, 6) is 0. The highest BCUT2D eigenvalue weighted by Gasteiger charge is 1.94. The van der Waals surface area contributed by atoms with Gasteiger partial charge in [-0.3, -0.25) is 9.97 Å². The monoisotopic (exact) mass is 176 g/mol. The summed E-state index contributed by atoms with van der Waals surface area (Å²) in [6.45, 7) is 0. The van der Waals surface area contributed by atoms with Crippen LogP contribution >= 0.6 is 11.8 Å². The highest BCUT2D eigenvalue weighted by molar-refractivity contribution is 7.98. The summed E-state index contributed by atoms with van der Waals surface area (Å²) in [7, 11) is 0. The molecule has 0 aliphatic heterocycles. The number of thioether (sulfide) groups is 1. The molecule has 0 aromatic carbocycles. The van der Waals surface area contributed by atoms with Crippen LogP contribution in [0, 0.1) is 0 Å². The highest BCUT2D eigenvalue weighted by atomic mass is 32.2. The third-order valence-electron chi connectivity index (χ3n) is 1.70. The molecule has 0 saturated heterocycles. The van der Waals surface area contributed by atoms with Crippen molar-refractivity contribution >= 4 is 22.7 Å². The van der Waals surface area contributed by atoms with Gasteiger partial charge in [-0.25, -0.2) is 0 Å². The van der Waals surface area contributed by atoms with Crippen molar-refractivity contribution in [3.63, 3.8) is 0 Å². The second kappa shape index (κ2) is 3.11. The molecule has 0 aliphatic rings. The lowest BCUT2D eigenvalue weighted by Gasteiger charge is -1.97. The van der Waals surface area contributed by atoms with Gasteiger partial charge in [0.15, 0.2) is 0 Å². The Labute approximate surface area is 75.0 Å². The molecule has 3 heteroatoms. The van der Waals surface area contributed by atoms with Crippen LogP contribution in [-0.4, -0.2) is 16.2 Å². The van der Waals surface area contributed by atoms with Gasteiger partial charge < -0.3 is 0 Å². The van der Waals surface area contributed by atoms with Crippen molar-refractivity contribution in [2.45, 2.75) is 4.90 Å². The zero-order valence-corrected chi connectivity index (χ0v) is 7.51. The van der Waals surface area contributed by atoms with E-state index in [1.54, 1.807) is 24.2 Å². The number of fused-ring (bicyclic) bond motifs is 1. The molecule has 2 aromatic heterocycles. The largest absolute Gasteiger partial charge is 0.262 e. The molecule has 60 valence electrons. The van der Waals surface area contributed by atoms with Gasteiger partial charge in [-0.15, -0.1) is 11.8 Å². The first-order valence-electron chi connectivity index (χ1n) is 3.64. The lowest BCUT2D eigenvalue weighted by molar-refractivity contribution is 1.26. The Balaban J connectivity index is 2.67. The normalized spacial score (nSPS) is 10.4. The Hall–Kier alpha value is -1.09. The van der Waals surface area contributed by atoms with Crippen LogP contribution < -0.4 is 0 Å². The minimum atomic E-state index is 0.954. The minimum Gasteiger partial charge on any atom is -0.262 e. The first-order chi connectivity index (χ1) is 5.90. The maximum atomic E-state index is 4.27. The van der Waals surface area contributed by atoms with Crippen LogP contribution in [0.4, 0.5) is 0 Å². The van der Waals surface area contributed by atoms with Gasteiger partial charge in [0.2, 0.25) is 0 Å². The molecule has 0 spiro atoms. The van der Waals surface area contributed by atoms with Crippen molar-refractivity contribution in [1.29, 1.82) is 0 Å². The zero-order chi connectivity index (χ0) is 8.39. The predicted octanol–water partition coefficient (Wildman–Crippen LogP) is 2.35. The van der Waals surface area contributed by atoms with Crippen molar-refractivity contribution < 1.29 is 0 Å². The second-order valence-corrected chi connectivity index (χ2v) is 3.32. The fraction of sp³-hybridized carbons (Fsp3) is 0.111. The molecule has 2 heterocycles. The first-order valence-corrected chi connectivity index (χ1v) is 4.86. The Kier molecular flexibility index (Phi) is 1.96. The molecule has 0 aliphatic carbocycles. The number of hydrogen-bond acceptors (Lipinski definition) is 3. The molecule has 2 rings (SSSR count). The Bertz CT molecular complexity index is 400. The second-order valence-electron chi connectivity index (χ2n) is 2.44. The number of pyridine rings is 2. The lowest BCUT2D eigenvalue weighted by Crippen LogP contribution is -1.80. The van der Waals surface area contributed by atoms with E-state index in [4.69, 9.17) is 0 Å². The van der Waals surface area contributed by atoms with Gasteiger partial charge in [-0.05, 0) is 18.4 Å². The van der Waals surface area contributed by atoms with E-state index in [9.17, 15) is 0 Å². The van der Waals surface area contributed by atoms with Crippen LogP contribution in [0.15, 0.2) is 35.6 Å². The van der Waals surface area contributed by atoms with Crippen LogP contribution in [0.5, 0.6) is 0 Å². The van der Waals surface area contributed by atoms with Crippen molar-refractivity contribution in [2.75, 3.05) is 6.26 Å². The van der Waals surface area contributed by atoms with E-state index in [2.05, 4.69) is 16.0 Å². The van der Waals surface area contributed by atoms with Crippen LogP contribution in [-0.2, 0) is 0 Å². The van der Waals surface area contributed by atoms with Crippen molar-refractivity contribution in [1.82, 2.24) is 9.97 Å². The SMILES string of the molecule is CSc1cnc2cnccc2c1. The van der Waals surface area contributed by atoms with Gasteiger partial charge in [0.05, 0.1) is 11.7 Å². The standard InChI is InChI=1S/C9H8N2S/c1-12-8-4-7-2-3-10-6-9(7)11-5-8/h2-6H,1H3. The van der Waals surface area contributed by atoms with E-state index in [0.717, 1.165) is 10.9 Å². The molecule has 0 unspecified atom stereocenters. The molecule has 0 fully saturated rings. The highest BCUT2D eigenvalue weighted by Crippen LogP contribution is 2.18. The number of rotatable bonds is 1. The smallest absolute Gasteiger partial charge is 0.0885 e. The molecule has 0 radical (unpaired) electrons. The van der Waals surface area contributed by atoms with Gasteiger partial charge in [0.25, 0.3) is 0 Å². The van der Waals surface area contributed by atoms with Crippen LogP contribution in [0.25, 0.3) is 10.9 Å². The molecule has 2 nitrogen and oxygen atoms in total.